The number of phenols is 1. The van der Waals surface area contributed by atoms with Crippen molar-refractivity contribution >= 4 is 19.2 Å². The summed E-state index contributed by atoms with van der Waals surface area (Å²) in [5, 5.41) is 19.2. The molecular formula is C16H18NO6P. The molecule has 0 aromatic heterocycles. The average molecular weight is 351 g/mol. The second-order valence-electron chi connectivity index (χ2n) is 5.58. The molecule has 0 radical (unpaired) electrons. The van der Waals surface area contributed by atoms with E-state index in [0.29, 0.717) is 0 Å². The smallest absolute Gasteiger partial charge is 0.448 e. The summed E-state index contributed by atoms with van der Waals surface area (Å²) in [4.78, 5) is 30.5. The van der Waals surface area contributed by atoms with Gasteiger partial charge in [0.2, 0.25) is 0 Å². The lowest BCUT2D eigenvalue weighted by molar-refractivity contribution is -0.121. The van der Waals surface area contributed by atoms with Crippen molar-refractivity contribution in [1.82, 2.24) is 0 Å². The molecule has 128 valence electrons. The number of rotatable bonds is 5. The molecular weight excluding hydrogens is 333 g/mol. The SMILES string of the molecule is CC(CC(=O)C1C(O)=CC=CC1=NP(=O)(O)O)c1ccc(O)cc1. The van der Waals surface area contributed by atoms with Crippen LogP contribution in [-0.4, -0.2) is 31.5 Å². The fourth-order valence-electron chi connectivity index (χ4n) is 2.50. The fourth-order valence-corrected chi connectivity index (χ4v) is 2.98. The van der Waals surface area contributed by atoms with E-state index < -0.39 is 19.4 Å². The molecule has 0 heterocycles. The van der Waals surface area contributed by atoms with Crippen LogP contribution in [-0.2, 0) is 9.36 Å². The van der Waals surface area contributed by atoms with Gasteiger partial charge in [-0.2, -0.15) is 4.76 Å². The zero-order valence-corrected chi connectivity index (χ0v) is 13.8. The number of aromatic hydroxyl groups is 1. The van der Waals surface area contributed by atoms with Crippen molar-refractivity contribution in [2.45, 2.75) is 19.3 Å². The lowest BCUT2D eigenvalue weighted by Gasteiger charge is -2.20. The van der Waals surface area contributed by atoms with E-state index in [1.54, 1.807) is 12.1 Å². The van der Waals surface area contributed by atoms with E-state index in [-0.39, 0.29) is 29.6 Å². The largest absolute Gasteiger partial charge is 0.511 e. The highest BCUT2D eigenvalue weighted by molar-refractivity contribution is 7.50. The standard InChI is InChI=1S/C16H18NO6P/c1-10(11-5-7-12(18)8-6-11)9-15(20)16-13(17-24(21,22)23)3-2-4-14(16)19/h2-8,10,16,18-19H,9H2,1H3,(H2,21,22,23). The van der Waals surface area contributed by atoms with Crippen LogP contribution >= 0.6 is 7.75 Å². The first kappa shape index (κ1) is 18.1. The molecule has 0 spiro atoms. The van der Waals surface area contributed by atoms with Crippen molar-refractivity contribution in [1.29, 1.82) is 0 Å². The van der Waals surface area contributed by atoms with Crippen molar-refractivity contribution in [2.75, 3.05) is 0 Å². The van der Waals surface area contributed by atoms with Crippen molar-refractivity contribution in [3.63, 3.8) is 0 Å². The molecule has 1 aliphatic rings. The maximum atomic E-state index is 12.5. The fraction of sp³-hybridized carbons (Fsp3) is 0.250. The van der Waals surface area contributed by atoms with Crippen LogP contribution in [0.1, 0.15) is 24.8 Å². The van der Waals surface area contributed by atoms with E-state index >= 15 is 0 Å². The topological polar surface area (TPSA) is 127 Å². The number of Topliss-reactive ketones (excluding diaryl/α,β-unsaturated/α-hetero) is 1. The van der Waals surface area contributed by atoms with Crippen LogP contribution in [0.3, 0.4) is 0 Å². The van der Waals surface area contributed by atoms with Crippen LogP contribution in [0.25, 0.3) is 0 Å². The highest BCUT2D eigenvalue weighted by atomic mass is 31.2. The van der Waals surface area contributed by atoms with Gasteiger partial charge in [0.1, 0.15) is 23.2 Å². The quantitative estimate of drug-likeness (QED) is 0.604. The summed E-state index contributed by atoms with van der Waals surface area (Å²) >= 11 is 0. The van der Waals surface area contributed by atoms with E-state index in [1.807, 2.05) is 6.92 Å². The van der Waals surface area contributed by atoms with Crippen LogP contribution in [0, 0.1) is 5.92 Å². The number of hydrogen-bond acceptors (Lipinski definition) is 4. The average Bonchev–Trinajstić information content (AvgIpc) is 2.46. The number of carbonyl (C=O) groups is 1. The van der Waals surface area contributed by atoms with E-state index in [9.17, 15) is 19.6 Å². The lowest BCUT2D eigenvalue weighted by atomic mass is 9.85. The highest BCUT2D eigenvalue weighted by Gasteiger charge is 2.31. The number of nitrogens with zero attached hydrogens (tertiary/aromatic N) is 1. The first-order valence-corrected chi connectivity index (χ1v) is 8.78. The zero-order valence-electron chi connectivity index (χ0n) is 12.9. The minimum absolute atomic E-state index is 0.0430. The summed E-state index contributed by atoms with van der Waals surface area (Å²) < 4.78 is 14.3. The number of carbonyl (C=O) groups excluding carboxylic acids is 1. The van der Waals surface area contributed by atoms with Gasteiger partial charge in [0.05, 0.1) is 5.71 Å². The maximum Gasteiger partial charge on any atom is 0.448 e. The second kappa shape index (κ2) is 7.13. The molecule has 8 heteroatoms. The maximum absolute atomic E-state index is 12.5. The van der Waals surface area contributed by atoms with Crippen molar-refractivity contribution < 1.29 is 29.4 Å². The Balaban J connectivity index is 2.21. The summed E-state index contributed by atoms with van der Waals surface area (Å²) in [6.45, 7) is 1.81. The molecule has 7 nitrogen and oxygen atoms in total. The van der Waals surface area contributed by atoms with Gasteiger partial charge in [-0.1, -0.05) is 25.1 Å². The summed E-state index contributed by atoms with van der Waals surface area (Å²) in [5.41, 5.74) is 0.663. The monoisotopic (exact) mass is 351 g/mol. The third kappa shape index (κ3) is 4.64. The number of aliphatic hydroxyl groups excluding tert-OH is 1. The third-order valence-electron chi connectivity index (χ3n) is 3.66. The van der Waals surface area contributed by atoms with Gasteiger partial charge < -0.3 is 20.0 Å². The Hall–Kier alpha value is -2.21. The van der Waals surface area contributed by atoms with Crippen molar-refractivity contribution in [3.05, 3.63) is 53.8 Å². The van der Waals surface area contributed by atoms with Crippen LogP contribution in [0.5, 0.6) is 5.75 Å². The Kier molecular flexibility index (Phi) is 5.39. The third-order valence-corrected chi connectivity index (χ3v) is 4.15. The summed E-state index contributed by atoms with van der Waals surface area (Å²) in [7, 11) is -4.72. The number of phenolic OH excluding ortho intramolecular Hbond substituents is 1. The molecule has 1 aromatic carbocycles. The normalized spacial score (nSPS) is 20.7. The lowest BCUT2D eigenvalue weighted by Crippen LogP contribution is -2.27. The Morgan fingerprint density at radius 3 is 2.46 bits per heavy atom. The van der Waals surface area contributed by atoms with E-state index in [4.69, 9.17) is 9.79 Å². The van der Waals surface area contributed by atoms with Crippen LogP contribution in [0.4, 0.5) is 0 Å². The van der Waals surface area contributed by atoms with Gasteiger partial charge in [0.25, 0.3) is 0 Å². The highest BCUT2D eigenvalue weighted by Crippen LogP contribution is 2.38. The minimum Gasteiger partial charge on any atom is -0.511 e. The van der Waals surface area contributed by atoms with E-state index in [0.717, 1.165) is 5.56 Å². The van der Waals surface area contributed by atoms with Crippen molar-refractivity contribution in [3.8, 4) is 5.75 Å². The van der Waals surface area contributed by atoms with Gasteiger partial charge >= 0.3 is 7.75 Å². The van der Waals surface area contributed by atoms with Crippen LogP contribution < -0.4 is 0 Å². The first-order chi connectivity index (χ1) is 11.2. The molecule has 2 rings (SSSR count). The first-order valence-electron chi connectivity index (χ1n) is 7.22. The molecule has 1 aliphatic carbocycles. The predicted octanol–water partition coefficient (Wildman–Crippen LogP) is 2.62. The van der Waals surface area contributed by atoms with Gasteiger partial charge in [-0.25, -0.2) is 4.57 Å². The number of benzene rings is 1. The molecule has 0 bridgehead atoms. The molecule has 24 heavy (non-hydrogen) atoms. The molecule has 0 saturated heterocycles. The molecule has 0 saturated carbocycles. The molecule has 0 aliphatic heterocycles. The molecule has 0 fully saturated rings. The second-order valence-corrected chi connectivity index (χ2v) is 6.81. The van der Waals surface area contributed by atoms with Gasteiger partial charge in [-0.15, -0.1) is 0 Å². The summed E-state index contributed by atoms with van der Waals surface area (Å²) in [6, 6.07) is 6.40. The van der Waals surface area contributed by atoms with E-state index in [1.165, 1.54) is 30.4 Å². The molecule has 4 N–H and O–H groups in total. The number of ketones is 1. The van der Waals surface area contributed by atoms with Gasteiger partial charge in [0, 0.05) is 6.42 Å². The predicted molar refractivity (Wildman–Crippen MR) is 89.0 cm³/mol. The number of hydrogen-bond donors (Lipinski definition) is 4. The molecule has 1 aromatic rings. The Morgan fingerprint density at radius 2 is 1.88 bits per heavy atom. The van der Waals surface area contributed by atoms with E-state index in [2.05, 4.69) is 4.76 Å². The summed E-state index contributed by atoms with van der Waals surface area (Å²) in [5.74, 6) is -1.98. The molecule has 2 atom stereocenters. The van der Waals surface area contributed by atoms with Crippen LogP contribution in [0.2, 0.25) is 0 Å². The Bertz CT molecular complexity index is 759. The van der Waals surface area contributed by atoms with Gasteiger partial charge in [-0.05, 0) is 35.8 Å². The zero-order chi connectivity index (χ0) is 17.9. The van der Waals surface area contributed by atoms with Crippen molar-refractivity contribution in [2.24, 2.45) is 10.7 Å². The minimum atomic E-state index is -4.72. The Labute approximate surface area is 138 Å². The van der Waals surface area contributed by atoms with Crippen LogP contribution in [0.15, 0.2) is 53.0 Å². The number of aliphatic hydroxyl groups is 1. The van der Waals surface area contributed by atoms with Gasteiger partial charge in [-0.3, -0.25) is 4.79 Å². The van der Waals surface area contributed by atoms with Gasteiger partial charge in [0.15, 0.2) is 0 Å². The molecule has 2 unspecified atom stereocenters. The Morgan fingerprint density at radius 1 is 1.25 bits per heavy atom. The summed E-state index contributed by atoms with van der Waals surface area (Å²) in [6.07, 6.45) is 4.01. The number of allylic oxidation sites excluding steroid dienone is 4. The molecule has 0 amide bonds.